The number of hydrogen-bond acceptors (Lipinski definition) is 2. The van der Waals surface area contributed by atoms with E-state index in [1.54, 1.807) is 0 Å². The first kappa shape index (κ1) is 10.9. The third-order valence-corrected chi connectivity index (χ3v) is 2.93. The number of carbonyl (C=O) groups excluding carboxylic acids is 1. The summed E-state index contributed by atoms with van der Waals surface area (Å²) in [6.07, 6.45) is 0. The molecule has 1 heterocycles. The van der Waals surface area contributed by atoms with Gasteiger partial charge in [0.15, 0.2) is 5.78 Å². The van der Waals surface area contributed by atoms with E-state index in [2.05, 4.69) is 26.0 Å². The summed E-state index contributed by atoms with van der Waals surface area (Å²) in [6.45, 7) is 4.18. The highest BCUT2D eigenvalue weighted by Gasteiger charge is 2.13. The van der Waals surface area contributed by atoms with E-state index in [4.69, 9.17) is 5.73 Å². The van der Waals surface area contributed by atoms with E-state index in [9.17, 15) is 4.79 Å². The minimum Gasteiger partial charge on any atom is -0.341 e. The number of rotatable bonds is 2. The monoisotopic (exact) mass is 216 g/mol. The van der Waals surface area contributed by atoms with Gasteiger partial charge in [0.25, 0.3) is 0 Å². The Morgan fingerprint density at radius 2 is 2.00 bits per heavy atom. The van der Waals surface area contributed by atoms with Crippen molar-refractivity contribution >= 4 is 16.7 Å². The highest BCUT2D eigenvalue weighted by atomic mass is 16.1. The predicted octanol–water partition coefficient (Wildman–Crippen LogP) is 1.94. The van der Waals surface area contributed by atoms with Gasteiger partial charge in [0.2, 0.25) is 0 Å². The molecule has 0 saturated carbocycles. The second kappa shape index (κ2) is 3.76. The van der Waals surface area contributed by atoms with Crippen molar-refractivity contribution in [2.24, 2.45) is 12.8 Å². The van der Waals surface area contributed by atoms with Crippen molar-refractivity contribution in [1.82, 2.24) is 4.57 Å². The Labute approximate surface area is 94.9 Å². The average molecular weight is 216 g/mol. The van der Waals surface area contributed by atoms with Gasteiger partial charge >= 0.3 is 0 Å². The van der Waals surface area contributed by atoms with Crippen molar-refractivity contribution in [1.29, 1.82) is 0 Å². The van der Waals surface area contributed by atoms with Gasteiger partial charge in [-0.15, -0.1) is 0 Å². The standard InChI is InChI=1S/C13H16N2O/c1-8-4-9(2)13-10(5-8)6-11(15(13)3)12(16)7-14/h4-6H,7,14H2,1-3H3. The minimum absolute atomic E-state index is 0.0178. The van der Waals surface area contributed by atoms with Gasteiger partial charge in [-0.3, -0.25) is 4.79 Å². The van der Waals surface area contributed by atoms with Crippen LogP contribution < -0.4 is 5.73 Å². The summed E-state index contributed by atoms with van der Waals surface area (Å²) in [5.74, 6) is -0.0178. The number of nitrogens with two attached hydrogens (primary N) is 1. The van der Waals surface area contributed by atoms with E-state index in [1.165, 1.54) is 11.1 Å². The van der Waals surface area contributed by atoms with Gasteiger partial charge in [-0.1, -0.05) is 11.6 Å². The molecule has 1 aromatic carbocycles. The summed E-state index contributed by atoms with van der Waals surface area (Å²) in [5, 5.41) is 1.11. The third kappa shape index (κ3) is 1.53. The zero-order valence-electron chi connectivity index (χ0n) is 9.87. The summed E-state index contributed by atoms with van der Waals surface area (Å²) in [5.41, 5.74) is 9.60. The fraction of sp³-hybridized carbons (Fsp3) is 0.308. The number of aromatic nitrogens is 1. The van der Waals surface area contributed by atoms with Crippen LogP contribution in [0.5, 0.6) is 0 Å². The Bertz CT molecular complexity index is 567. The number of ketones is 1. The number of aryl methyl sites for hydroxylation is 3. The smallest absolute Gasteiger partial charge is 0.192 e. The van der Waals surface area contributed by atoms with Crippen LogP contribution in [0, 0.1) is 13.8 Å². The van der Waals surface area contributed by atoms with Crippen LogP contribution in [0.15, 0.2) is 18.2 Å². The molecule has 2 N–H and O–H groups in total. The molecule has 0 aliphatic carbocycles. The van der Waals surface area contributed by atoms with Gasteiger partial charge in [0.05, 0.1) is 17.8 Å². The van der Waals surface area contributed by atoms with Crippen LogP contribution >= 0.6 is 0 Å². The molecule has 84 valence electrons. The first-order valence-electron chi connectivity index (χ1n) is 5.34. The molecule has 3 nitrogen and oxygen atoms in total. The summed E-state index contributed by atoms with van der Waals surface area (Å²) in [6, 6.07) is 6.14. The Balaban J connectivity index is 2.78. The third-order valence-electron chi connectivity index (χ3n) is 2.93. The highest BCUT2D eigenvalue weighted by molar-refractivity contribution is 6.01. The van der Waals surface area contributed by atoms with E-state index in [0.29, 0.717) is 5.69 Å². The lowest BCUT2D eigenvalue weighted by atomic mass is 10.1. The first-order chi connectivity index (χ1) is 7.54. The van der Waals surface area contributed by atoms with Crippen molar-refractivity contribution in [3.8, 4) is 0 Å². The van der Waals surface area contributed by atoms with E-state index in [1.807, 2.05) is 17.7 Å². The largest absolute Gasteiger partial charge is 0.341 e. The number of carbonyl (C=O) groups is 1. The first-order valence-corrected chi connectivity index (χ1v) is 5.34. The van der Waals surface area contributed by atoms with Crippen molar-refractivity contribution in [2.45, 2.75) is 13.8 Å². The molecule has 0 spiro atoms. The normalized spacial score (nSPS) is 11.0. The number of nitrogens with zero attached hydrogens (tertiary/aromatic N) is 1. The van der Waals surface area contributed by atoms with Gasteiger partial charge < -0.3 is 10.3 Å². The van der Waals surface area contributed by atoms with Crippen molar-refractivity contribution in [3.05, 3.63) is 35.0 Å². The summed E-state index contributed by atoms with van der Waals surface area (Å²) in [7, 11) is 1.91. The molecule has 0 atom stereocenters. The van der Waals surface area contributed by atoms with Crippen molar-refractivity contribution in [2.75, 3.05) is 6.54 Å². The lowest BCUT2D eigenvalue weighted by molar-refractivity contribution is 0.0994. The van der Waals surface area contributed by atoms with E-state index < -0.39 is 0 Å². The summed E-state index contributed by atoms with van der Waals surface area (Å²) in [4.78, 5) is 11.7. The molecule has 0 saturated heterocycles. The zero-order chi connectivity index (χ0) is 11.9. The zero-order valence-corrected chi connectivity index (χ0v) is 9.87. The molecule has 0 aliphatic rings. The lowest BCUT2D eigenvalue weighted by Crippen LogP contribution is -2.16. The van der Waals surface area contributed by atoms with E-state index in [0.717, 1.165) is 10.9 Å². The number of Topliss-reactive ketones (excluding diaryl/α,β-unsaturated/α-hetero) is 1. The lowest BCUT2D eigenvalue weighted by Gasteiger charge is -2.04. The van der Waals surface area contributed by atoms with Crippen molar-refractivity contribution < 1.29 is 4.79 Å². The quantitative estimate of drug-likeness (QED) is 0.780. The van der Waals surface area contributed by atoms with Crippen LogP contribution in [-0.2, 0) is 7.05 Å². The molecule has 0 aliphatic heterocycles. The van der Waals surface area contributed by atoms with Crippen LogP contribution in [0.25, 0.3) is 10.9 Å². The SMILES string of the molecule is Cc1cc(C)c2c(c1)cc(C(=O)CN)n2C. The highest BCUT2D eigenvalue weighted by Crippen LogP contribution is 2.24. The fourth-order valence-corrected chi connectivity index (χ4v) is 2.30. The van der Waals surface area contributed by atoms with E-state index in [-0.39, 0.29) is 12.3 Å². The number of fused-ring (bicyclic) bond motifs is 1. The molecule has 16 heavy (non-hydrogen) atoms. The Hall–Kier alpha value is -1.61. The van der Waals surface area contributed by atoms with Gasteiger partial charge in [0, 0.05) is 12.4 Å². The maximum atomic E-state index is 11.7. The predicted molar refractivity (Wildman–Crippen MR) is 65.8 cm³/mol. The van der Waals surface area contributed by atoms with Gasteiger partial charge in [-0.05, 0) is 31.5 Å². The van der Waals surface area contributed by atoms with Gasteiger partial charge in [-0.2, -0.15) is 0 Å². The second-order valence-corrected chi connectivity index (χ2v) is 4.24. The van der Waals surface area contributed by atoms with Gasteiger partial charge in [-0.25, -0.2) is 0 Å². The van der Waals surface area contributed by atoms with Crippen molar-refractivity contribution in [3.63, 3.8) is 0 Å². The number of benzene rings is 1. The molecule has 3 heteroatoms. The molecule has 0 unspecified atom stereocenters. The van der Waals surface area contributed by atoms with Crippen LogP contribution in [0.4, 0.5) is 0 Å². The Morgan fingerprint density at radius 3 is 2.62 bits per heavy atom. The molecule has 0 fully saturated rings. The molecular formula is C13H16N2O. The Kier molecular flexibility index (Phi) is 2.56. The summed E-state index contributed by atoms with van der Waals surface area (Å²) < 4.78 is 1.93. The second-order valence-electron chi connectivity index (χ2n) is 4.24. The molecule has 0 radical (unpaired) electrons. The summed E-state index contributed by atoms with van der Waals surface area (Å²) >= 11 is 0. The van der Waals surface area contributed by atoms with Crippen LogP contribution in [-0.4, -0.2) is 16.9 Å². The maximum Gasteiger partial charge on any atom is 0.192 e. The molecule has 0 bridgehead atoms. The fourth-order valence-electron chi connectivity index (χ4n) is 2.30. The molecule has 2 rings (SSSR count). The maximum absolute atomic E-state index is 11.7. The molecule has 1 aromatic heterocycles. The molecule has 2 aromatic rings. The minimum atomic E-state index is -0.0178. The average Bonchev–Trinajstić information content (AvgIpc) is 2.54. The van der Waals surface area contributed by atoms with E-state index >= 15 is 0 Å². The molecular weight excluding hydrogens is 200 g/mol. The van der Waals surface area contributed by atoms with Gasteiger partial charge in [0.1, 0.15) is 0 Å². The molecule has 0 amide bonds. The van der Waals surface area contributed by atoms with Crippen LogP contribution in [0.3, 0.4) is 0 Å². The topological polar surface area (TPSA) is 48.0 Å². The van der Waals surface area contributed by atoms with Crippen LogP contribution in [0.1, 0.15) is 21.6 Å². The number of hydrogen-bond donors (Lipinski definition) is 1. The Morgan fingerprint density at radius 1 is 1.31 bits per heavy atom. The van der Waals surface area contributed by atoms with Crippen LogP contribution in [0.2, 0.25) is 0 Å².